The van der Waals surface area contributed by atoms with E-state index in [2.05, 4.69) is 10.1 Å². The van der Waals surface area contributed by atoms with E-state index in [1.54, 1.807) is 0 Å². The number of aryl methyl sites for hydroxylation is 1. The predicted molar refractivity (Wildman–Crippen MR) is 68.8 cm³/mol. The Bertz CT molecular complexity index is 455. The summed E-state index contributed by atoms with van der Waals surface area (Å²) in [6, 6.07) is 7.42. The zero-order chi connectivity index (χ0) is 13.7. The summed E-state index contributed by atoms with van der Waals surface area (Å²) >= 11 is 0. The molecule has 1 aromatic carbocycles. The summed E-state index contributed by atoms with van der Waals surface area (Å²) in [6.45, 7) is 0.667. The second-order valence-corrected chi connectivity index (χ2v) is 4.41. The first-order valence-corrected chi connectivity index (χ1v) is 6.29. The minimum atomic E-state index is -0.388. The monoisotopic (exact) mass is 263 g/mol. The highest BCUT2D eigenvalue weighted by atomic mass is 16.5. The van der Waals surface area contributed by atoms with E-state index in [1.807, 2.05) is 24.3 Å². The molecule has 0 aliphatic carbocycles. The van der Waals surface area contributed by atoms with Crippen molar-refractivity contribution in [3.63, 3.8) is 0 Å². The molecule has 19 heavy (non-hydrogen) atoms. The zero-order valence-electron chi connectivity index (χ0n) is 10.8. The summed E-state index contributed by atoms with van der Waals surface area (Å²) in [5.41, 5.74) is 1.04. The van der Waals surface area contributed by atoms with Crippen LogP contribution in [0.5, 0.6) is 5.75 Å². The van der Waals surface area contributed by atoms with E-state index in [1.165, 1.54) is 7.11 Å². The lowest BCUT2D eigenvalue weighted by Gasteiger charge is -2.11. The Hall–Kier alpha value is -2.04. The summed E-state index contributed by atoms with van der Waals surface area (Å²) < 4.78 is 10.2. The van der Waals surface area contributed by atoms with Crippen molar-refractivity contribution in [2.75, 3.05) is 13.7 Å². The van der Waals surface area contributed by atoms with Crippen LogP contribution in [0.4, 0.5) is 0 Å². The smallest absolute Gasteiger partial charge is 0.305 e. The zero-order valence-corrected chi connectivity index (χ0v) is 10.8. The summed E-state index contributed by atoms with van der Waals surface area (Å²) in [5, 5.41) is 2.73. The van der Waals surface area contributed by atoms with Crippen LogP contribution in [0.25, 0.3) is 0 Å². The molecule has 5 heteroatoms. The van der Waals surface area contributed by atoms with Crippen molar-refractivity contribution in [1.29, 1.82) is 0 Å². The Kier molecular flexibility index (Phi) is 4.39. The van der Waals surface area contributed by atoms with Crippen molar-refractivity contribution < 1.29 is 19.1 Å². The molecule has 0 saturated carbocycles. The fourth-order valence-corrected chi connectivity index (χ4v) is 1.93. The van der Waals surface area contributed by atoms with Crippen molar-refractivity contribution in [3.05, 3.63) is 29.8 Å². The van der Waals surface area contributed by atoms with E-state index in [4.69, 9.17) is 4.74 Å². The molecule has 1 saturated heterocycles. The molecule has 2 rings (SSSR count). The molecule has 0 radical (unpaired) electrons. The minimum absolute atomic E-state index is 0.0604. The van der Waals surface area contributed by atoms with Gasteiger partial charge in [0.25, 0.3) is 5.91 Å². The summed E-state index contributed by atoms with van der Waals surface area (Å²) in [4.78, 5) is 22.4. The van der Waals surface area contributed by atoms with Crippen LogP contribution < -0.4 is 10.1 Å². The Morgan fingerprint density at radius 3 is 2.68 bits per heavy atom. The standard InChI is InChI=1S/C14H17NO4/c1-18-13(16)7-4-10-2-5-11(6-3-10)19-12-8-9-15-14(12)17/h2-3,5-6,12H,4,7-9H2,1H3,(H,15,17). The SMILES string of the molecule is COC(=O)CCc1ccc(OC2CCNC2=O)cc1. The minimum Gasteiger partial charge on any atom is -0.481 e. The molecule has 1 atom stereocenters. The number of hydrogen-bond donors (Lipinski definition) is 1. The molecule has 0 bridgehead atoms. The molecule has 5 nitrogen and oxygen atoms in total. The number of nitrogens with one attached hydrogen (secondary N) is 1. The van der Waals surface area contributed by atoms with E-state index in [-0.39, 0.29) is 18.0 Å². The molecule has 1 fully saturated rings. The lowest BCUT2D eigenvalue weighted by molar-refractivity contribution is -0.140. The molecule has 1 aliphatic heterocycles. The quantitative estimate of drug-likeness (QED) is 0.807. The molecule has 1 heterocycles. The molecule has 1 amide bonds. The maximum Gasteiger partial charge on any atom is 0.305 e. The summed E-state index contributed by atoms with van der Waals surface area (Å²) in [7, 11) is 1.38. The van der Waals surface area contributed by atoms with Gasteiger partial charge in [-0.1, -0.05) is 12.1 Å². The lowest BCUT2D eigenvalue weighted by atomic mass is 10.1. The van der Waals surface area contributed by atoms with Crippen molar-refractivity contribution in [2.45, 2.75) is 25.4 Å². The van der Waals surface area contributed by atoms with E-state index < -0.39 is 0 Å². The summed E-state index contributed by atoms with van der Waals surface area (Å²) in [5.74, 6) is 0.390. The number of carbonyl (C=O) groups excluding carboxylic acids is 2. The van der Waals surface area contributed by atoms with Crippen LogP contribution in [0.3, 0.4) is 0 Å². The molecule has 0 aromatic heterocycles. The fourth-order valence-electron chi connectivity index (χ4n) is 1.93. The first-order valence-electron chi connectivity index (χ1n) is 6.29. The highest BCUT2D eigenvalue weighted by Gasteiger charge is 2.25. The molecule has 1 aromatic rings. The van der Waals surface area contributed by atoms with Gasteiger partial charge in [0.2, 0.25) is 0 Å². The fraction of sp³-hybridized carbons (Fsp3) is 0.429. The molecule has 102 valence electrons. The van der Waals surface area contributed by atoms with Gasteiger partial charge in [-0.2, -0.15) is 0 Å². The maximum absolute atomic E-state index is 11.4. The predicted octanol–water partition coefficient (Wildman–Crippen LogP) is 1.06. The number of methoxy groups -OCH3 is 1. The van der Waals surface area contributed by atoms with Crippen LogP contribution in [0.2, 0.25) is 0 Å². The third-order valence-electron chi connectivity index (χ3n) is 3.05. The Morgan fingerprint density at radius 1 is 1.37 bits per heavy atom. The van der Waals surface area contributed by atoms with Crippen molar-refractivity contribution in [2.24, 2.45) is 0 Å². The first-order chi connectivity index (χ1) is 9.19. The van der Waals surface area contributed by atoms with Crippen LogP contribution in [-0.4, -0.2) is 31.6 Å². The highest BCUT2D eigenvalue weighted by molar-refractivity contribution is 5.83. The maximum atomic E-state index is 11.4. The lowest BCUT2D eigenvalue weighted by Crippen LogP contribution is -2.27. The molecule has 0 spiro atoms. The second kappa shape index (κ2) is 6.22. The van der Waals surface area contributed by atoms with Crippen molar-refractivity contribution in [1.82, 2.24) is 5.32 Å². The number of benzene rings is 1. The first kappa shape index (κ1) is 13.4. The van der Waals surface area contributed by atoms with Gasteiger partial charge in [-0.25, -0.2) is 0 Å². The highest BCUT2D eigenvalue weighted by Crippen LogP contribution is 2.17. The van der Waals surface area contributed by atoms with Gasteiger partial charge in [0.1, 0.15) is 5.75 Å². The van der Waals surface area contributed by atoms with Crippen LogP contribution in [-0.2, 0) is 20.7 Å². The van der Waals surface area contributed by atoms with E-state index in [0.29, 0.717) is 31.6 Å². The molecular weight excluding hydrogens is 246 g/mol. The number of ether oxygens (including phenoxy) is 2. The number of rotatable bonds is 5. The third-order valence-corrected chi connectivity index (χ3v) is 3.05. The van der Waals surface area contributed by atoms with Crippen LogP contribution in [0.15, 0.2) is 24.3 Å². The van der Waals surface area contributed by atoms with Gasteiger partial charge in [0.15, 0.2) is 6.10 Å². The van der Waals surface area contributed by atoms with E-state index in [9.17, 15) is 9.59 Å². The Balaban J connectivity index is 1.87. The van der Waals surface area contributed by atoms with Gasteiger partial charge in [0, 0.05) is 19.4 Å². The Labute approximate surface area is 111 Å². The number of esters is 1. The number of amides is 1. The molecular formula is C14H17NO4. The number of carbonyl (C=O) groups is 2. The van der Waals surface area contributed by atoms with Gasteiger partial charge in [-0.05, 0) is 24.1 Å². The van der Waals surface area contributed by atoms with Crippen molar-refractivity contribution in [3.8, 4) is 5.75 Å². The molecule has 1 aliphatic rings. The third kappa shape index (κ3) is 3.71. The van der Waals surface area contributed by atoms with Gasteiger partial charge >= 0.3 is 5.97 Å². The molecule has 1 N–H and O–H groups in total. The second-order valence-electron chi connectivity index (χ2n) is 4.41. The average Bonchev–Trinajstić information content (AvgIpc) is 2.83. The van der Waals surface area contributed by atoms with Crippen LogP contribution >= 0.6 is 0 Å². The molecule has 1 unspecified atom stereocenters. The Morgan fingerprint density at radius 2 is 2.11 bits per heavy atom. The summed E-state index contributed by atoms with van der Waals surface area (Å²) in [6.07, 6.45) is 1.31. The van der Waals surface area contributed by atoms with E-state index >= 15 is 0 Å². The van der Waals surface area contributed by atoms with Crippen LogP contribution in [0, 0.1) is 0 Å². The normalized spacial score (nSPS) is 17.9. The van der Waals surface area contributed by atoms with Crippen molar-refractivity contribution >= 4 is 11.9 Å². The average molecular weight is 263 g/mol. The van der Waals surface area contributed by atoms with Gasteiger partial charge < -0.3 is 14.8 Å². The topological polar surface area (TPSA) is 64.6 Å². The van der Waals surface area contributed by atoms with Gasteiger partial charge in [-0.3, -0.25) is 9.59 Å². The van der Waals surface area contributed by atoms with Gasteiger partial charge in [0.05, 0.1) is 7.11 Å². The largest absolute Gasteiger partial charge is 0.481 e. The van der Waals surface area contributed by atoms with Crippen LogP contribution in [0.1, 0.15) is 18.4 Å². The number of hydrogen-bond acceptors (Lipinski definition) is 4. The van der Waals surface area contributed by atoms with Gasteiger partial charge in [-0.15, -0.1) is 0 Å². The van der Waals surface area contributed by atoms with E-state index in [0.717, 1.165) is 5.56 Å².